The monoisotopic (exact) mass is 232 g/mol. The molecule has 0 aromatic carbocycles. The fourth-order valence-electron chi connectivity index (χ4n) is 2.35. The van der Waals surface area contributed by atoms with Gasteiger partial charge in [-0.25, -0.2) is 0 Å². The second-order valence-corrected chi connectivity index (χ2v) is 4.54. The first-order valence-electron chi connectivity index (χ1n) is 6.33. The average Bonchev–Trinajstić information content (AvgIpc) is 2.28. The van der Waals surface area contributed by atoms with Crippen molar-refractivity contribution in [2.24, 2.45) is 5.73 Å². The minimum absolute atomic E-state index is 0.0580. The summed E-state index contributed by atoms with van der Waals surface area (Å²) in [6.45, 7) is 2.10. The molecular weight excluding hydrogens is 212 g/mol. The molecule has 1 aromatic heterocycles. The number of rotatable bonds is 2. The van der Waals surface area contributed by atoms with E-state index in [0.717, 1.165) is 18.8 Å². The number of aromatic nitrogens is 1. The Morgan fingerprint density at radius 2 is 1.82 bits per heavy atom. The first kappa shape index (κ1) is 11.9. The minimum atomic E-state index is 0.0580. The highest BCUT2D eigenvalue weighted by Gasteiger charge is 2.14. The van der Waals surface area contributed by atoms with Gasteiger partial charge in [-0.05, 0) is 25.0 Å². The van der Waals surface area contributed by atoms with Crippen LogP contribution in [-0.4, -0.2) is 23.9 Å². The number of pyridine rings is 1. The van der Waals surface area contributed by atoms with Crippen molar-refractivity contribution in [2.45, 2.75) is 32.1 Å². The lowest BCUT2D eigenvalue weighted by Crippen LogP contribution is -2.30. The molecule has 92 valence electrons. The fraction of sp³-hybridized carbons (Fsp3) is 0.538. The smallest absolute Gasteiger partial charge is 0.143 e. The van der Waals surface area contributed by atoms with Crippen LogP contribution in [0.15, 0.2) is 18.3 Å². The normalized spacial score (nSPS) is 17.3. The molecule has 1 aromatic rings. The summed E-state index contributed by atoms with van der Waals surface area (Å²) in [4.78, 5) is 6.54. The molecule has 1 aliphatic heterocycles. The van der Waals surface area contributed by atoms with Gasteiger partial charge in [-0.1, -0.05) is 19.3 Å². The van der Waals surface area contributed by atoms with Gasteiger partial charge in [-0.15, -0.1) is 0 Å². The van der Waals surface area contributed by atoms with E-state index in [0.29, 0.717) is 5.69 Å². The summed E-state index contributed by atoms with van der Waals surface area (Å²) in [6.07, 6.45) is 8.07. The Balaban J connectivity index is 2.21. The van der Waals surface area contributed by atoms with Crippen molar-refractivity contribution in [2.75, 3.05) is 18.0 Å². The summed E-state index contributed by atoms with van der Waals surface area (Å²) < 4.78 is 0. The number of hydrogen-bond donors (Lipinski definition) is 2. The number of nitrogens with two attached hydrogens (primary N) is 1. The van der Waals surface area contributed by atoms with E-state index < -0.39 is 0 Å². The maximum atomic E-state index is 7.58. The van der Waals surface area contributed by atoms with Crippen molar-refractivity contribution in [3.05, 3.63) is 24.0 Å². The first-order valence-corrected chi connectivity index (χ1v) is 6.33. The van der Waals surface area contributed by atoms with Gasteiger partial charge >= 0.3 is 0 Å². The van der Waals surface area contributed by atoms with Gasteiger partial charge in [0.05, 0.1) is 5.69 Å². The van der Waals surface area contributed by atoms with E-state index in [1.165, 1.54) is 32.1 Å². The highest BCUT2D eigenvalue weighted by atomic mass is 15.1. The third-order valence-electron chi connectivity index (χ3n) is 3.24. The molecule has 0 bridgehead atoms. The van der Waals surface area contributed by atoms with Gasteiger partial charge in [-0.3, -0.25) is 10.4 Å². The van der Waals surface area contributed by atoms with Gasteiger partial charge in [0.25, 0.3) is 0 Å². The van der Waals surface area contributed by atoms with Crippen LogP contribution < -0.4 is 10.6 Å². The van der Waals surface area contributed by atoms with Crippen LogP contribution in [0.5, 0.6) is 0 Å². The van der Waals surface area contributed by atoms with E-state index in [2.05, 4.69) is 9.88 Å². The van der Waals surface area contributed by atoms with Gasteiger partial charge < -0.3 is 10.6 Å². The molecule has 1 fully saturated rings. The van der Waals surface area contributed by atoms with E-state index in [1.807, 2.05) is 12.1 Å². The Kier molecular flexibility index (Phi) is 3.96. The van der Waals surface area contributed by atoms with Crippen LogP contribution >= 0.6 is 0 Å². The van der Waals surface area contributed by atoms with Crippen molar-refractivity contribution in [3.63, 3.8) is 0 Å². The molecule has 0 amide bonds. The number of nitrogens with one attached hydrogen (secondary N) is 1. The van der Waals surface area contributed by atoms with Crippen LogP contribution in [0, 0.1) is 5.41 Å². The summed E-state index contributed by atoms with van der Waals surface area (Å²) >= 11 is 0. The summed E-state index contributed by atoms with van der Waals surface area (Å²) in [7, 11) is 0. The lowest BCUT2D eigenvalue weighted by atomic mass is 10.1. The molecule has 0 radical (unpaired) electrons. The molecule has 0 spiro atoms. The standard InChI is InChI=1S/C13H20N4/c14-13(15)12-11(7-6-8-16-12)17-9-4-2-1-3-5-10-17/h6-8H,1-5,9-10H2,(H3,14,15). The maximum absolute atomic E-state index is 7.58. The fourth-order valence-corrected chi connectivity index (χ4v) is 2.35. The number of amidine groups is 1. The van der Waals surface area contributed by atoms with Crippen molar-refractivity contribution < 1.29 is 0 Å². The van der Waals surface area contributed by atoms with E-state index >= 15 is 0 Å². The van der Waals surface area contributed by atoms with Gasteiger partial charge in [0.1, 0.15) is 11.5 Å². The highest BCUT2D eigenvalue weighted by Crippen LogP contribution is 2.21. The quantitative estimate of drug-likeness (QED) is 0.606. The molecule has 2 heterocycles. The van der Waals surface area contributed by atoms with Crippen LogP contribution in [-0.2, 0) is 0 Å². The summed E-state index contributed by atoms with van der Waals surface area (Å²) in [5, 5.41) is 7.58. The Morgan fingerprint density at radius 1 is 1.18 bits per heavy atom. The molecule has 2 rings (SSSR count). The molecule has 4 heteroatoms. The second kappa shape index (κ2) is 5.66. The third-order valence-corrected chi connectivity index (χ3v) is 3.24. The zero-order valence-electron chi connectivity index (χ0n) is 10.2. The van der Waals surface area contributed by atoms with E-state index in [4.69, 9.17) is 11.1 Å². The van der Waals surface area contributed by atoms with E-state index in [-0.39, 0.29) is 5.84 Å². The summed E-state index contributed by atoms with van der Waals surface area (Å²) in [5.41, 5.74) is 7.22. The van der Waals surface area contributed by atoms with Crippen LogP contribution in [0.3, 0.4) is 0 Å². The summed E-state index contributed by atoms with van der Waals surface area (Å²) in [5.74, 6) is 0.0580. The molecule has 0 atom stereocenters. The number of nitrogens with zero attached hydrogens (tertiary/aromatic N) is 2. The molecule has 1 aliphatic rings. The van der Waals surface area contributed by atoms with Crippen LogP contribution in [0.25, 0.3) is 0 Å². The zero-order valence-corrected chi connectivity index (χ0v) is 10.2. The Labute approximate surface area is 102 Å². The van der Waals surface area contributed by atoms with Crippen LogP contribution in [0.1, 0.15) is 37.8 Å². The SMILES string of the molecule is N=C(N)c1ncccc1N1CCCCCCC1. The zero-order chi connectivity index (χ0) is 12.1. The molecular formula is C13H20N4. The predicted molar refractivity (Wildman–Crippen MR) is 70.6 cm³/mol. The Hall–Kier alpha value is -1.58. The molecule has 4 nitrogen and oxygen atoms in total. The number of anilines is 1. The van der Waals surface area contributed by atoms with E-state index in [1.54, 1.807) is 6.20 Å². The van der Waals surface area contributed by atoms with Crippen molar-refractivity contribution in [3.8, 4) is 0 Å². The third kappa shape index (κ3) is 2.96. The van der Waals surface area contributed by atoms with Crippen molar-refractivity contribution in [1.29, 1.82) is 5.41 Å². The molecule has 3 N–H and O–H groups in total. The second-order valence-electron chi connectivity index (χ2n) is 4.54. The Bertz CT molecular complexity index is 381. The largest absolute Gasteiger partial charge is 0.382 e. The Morgan fingerprint density at radius 3 is 2.47 bits per heavy atom. The van der Waals surface area contributed by atoms with Gasteiger partial charge in [0.2, 0.25) is 0 Å². The minimum Gasteiger partial charge on any atom is -0.382 e. The van der Waals surface area contributed by atoms with E-state index in [9.17, 15) is 0 Å². The molecule has 0 saturated carbocycles. The van der Waals surface area contributed by atoms with Gasteiger partial charge in [0, 0.05) is 19.3 Å². The van der Waals surface area contributed by atoms with Gasteiger partial charge in [-0.2, -0.15) is 0 Å². The van der Waals surface area contributed by atoms with Crippen LogP contribution in [0.4, 0.5) is 5.69 Å². The number of hydrogen-bond acceptors (Lipinski definition) is 3. The first-order chi connectivity index (χ1) is 8.29. The molecule has 0 unspecified atom stereocenters. The topological polar surface area (TPSA) is 66.0 Å². The molecule has 17 heavy (non-hydrogen) atoms. The molecule has 1 saturated heterocycles. The average molecular weight is 232 g/mol. The van der Waals surface area contributed by atoms with Crippen molar-refractivity contribution >= 4 is 11.5 Å². The van der Waals surface area contributed by atoms with Crippen molar-refractivity contribution in [1.82, 2.24) is 4.98 Å². The molecule has 0 aliphatic carbocycles. The highest BCUT2D eigenvalue weighted by molar-refractivity contribution is 5.98. The summed E-state index contributed by atoms with van der Waals surface area (Å²) in [6, 6.07) is 3.94. The van der Waals surface area contributed by atoms with Gasteiger partial charge in [0.15, 0.2) is 0 Å². The van der Waals surface area contributed by atoms with Crippen LogP contribution in [0.2, 0.25) is 0 Å². The predicted octanol–water partition coefficient (Wildman–Crippen LogP) is 2.14. The maximum Gasteiger partial charge on any atom is 0.143 e. The lowest BCUT2D eigenvalue weighted by molar-refractivity contribution is 0.556. The number of nitrogen functional groups attached to an aromatic ring is 1. The lowest BCUT2D eigenvalue weighted by Gasteiger charge is -2.28.